The molecule has 1 amide bonds. The molecular formula is C20H30BrIN4O. The van der Waals surface area contributed by atoms with Gasteiger partial charge in [0.15, 0.2) is 5.96 Å². The number of rotatable bonds is 8. The lowest BCUT2D eigenvalue weighted by Crippen LogP contribution is -2.39. The molecule has 0 bridgehead atoms. The number of nitrogens with zero attached hydrogens (tertiary/aromatic N) is 2. The van der Waals surface area contributed by atoms with E-state index in [-0.39, 0.29) is 29.4 Å². The van der Waals surface area contributed by atoms with E-state index >= 15 is 0 Å². The summed E-state index contributed by atoms with van der Waals surface area (Å²) in [4.78, 5) is 18.5. The molecule has 1 aromatic carbocycles. The Morgan fingerprint density at radius 1 is 1.33 bits per heavy atom. The molecule has 1 aliphatic carbocycles. The number of nitrogens with one attached hydrogen (secondary N) is 2. The number of carbonyl (C=O) groups is 1. The lowest BCUT2D eigenvalue weighted by Gasteiger charge is -2.18. The van der Waals surface area contributed by atoms with E-state index in [2.05, 4.69) is 57.8 Å². The molecule has 1 heterocycles. The van der Waals surface area contributed by atoms with Crippen molar-refractivity contribution in [2.45, 2.75) is 44.4 Å². The molecule has 3 rings (SSSR count). The Labute approximate surface area is 187 Å². The molecule has 0 spiro atoms. The van der Waals surface area contributed by atoms with Crippen molar-refractivity contribution in [2.75, 3.05) is 32.7 Å². The molecule has 1 aromatic rings. The number of guanidine groups is 1. The van der Waals surface area contributed by atoms with E-state index in [4.69, 9.17) is 4.99 Å². The van der Waals surface area contributed by atoms with Crippen molar-refractivity contribution in [2.24, 2.45) is 4.99 Å². The smallest absolute Gasteiger partial charge is 0.222 e. The van der Waals surface area contributed by atoms with Crippen LogP contribution in [0.4, 0.5) is 0 Å². The predicted molar refractivity (Wildman–Crippen MR) is 125 cm³/mol. The van der Waals surface area contributed by atoms with Crippen LogP contribution in [0.3, 0.4) is 0 Å². The van der Waals surface area contributed by atoms with Gasteiger partial charge in [0.1, 0.15) is 0 Å². The quantitative estimate of drug-likeness (QED) is 0.225. The van der Waals surface area contributed by atoms with Crippen LogP contribution in [-0.2, 0) is 10.2 Å². The highest BCUT2D eigenvalue weighted by atomic mass is 127. The van der Waals surface area contributed by atoms with Gasteiger partial charge in [0.05, 0.1) is 6.54 Å². The molecule has 1 aliphatic heterocycles. The predicted octanol–water partition coefficient (Wildman–Crippen LogP) is 3.67. The number of hydrogen-bond donors (Lipinski definition) is 2. The third-order valence-corrected chi connectivity index (χ3v) is 5.74. The largest absolute Gasteiger partial charge is 0.357 e. The maximum absolute atomic E-state index is 11.6. The van der Waals surface area contributed by atoms with E-state index in [1.165, 1.54) is 18.4 Å². The van der Waals surface area contributed by atoms with Crippen molar-refractivity contribution >= 4 is 51.8 Å². The van der Waals surface area contributed by atoms with E-state index < -0.39 is 0 Å². The average Bonchev–Trinajstić information content (AvgIpc) is 3.32. The molecule has 1 saturated carbocycles. The van der Waals surface area contributed by atoms with Crippen LogP contribution in [0.25, 0.3) is 0 Å². The first-order chi connectivity index (χ1) is 12.6. The summed E-state index contributed by atoms with van der Waals surface area (Å²) in [6, 6.07) is 8.60. The van der Waals surface area contributed by atoms with Crippen molar-refractivity contribution in [3.63, 3.8) is 0 Å². The van der Waals surface area contributed by atoms with Gasteiger partial charge in [0.2, 0.25) is 5.91 Å². The second kappa shape index (κ2) is 10.6. The van der Waals surface area contributed by atoms with Gasteiger partial charge in [-0.3, -0.25) is 9.79 Å². The summed E-state index contributed by atoms with van der Waals surface area (Å²) in [6.45, 7) is 6.33. The molecule has 27 heavy (non-hydrogen) atoms. The monoisotopic (exact) mass is 548 g/mol. The normalized spacial score (nSPS) is 18.2. The molecule has 0 aromatic heterocycles. The van der Waals surface area contributed by atoms with E-state index in [9.17, 15) is 4.79 Å². The minimum Gasteiger partial charge on any atom is -0.357 e. The van der Waals surface area contributed by atoms with Crippen molar-refractivity contribution in [1.82, 2.24) is 15.5 Å². The van der Waals surface area contributed by atoms with Gasteiger partial charge in [-0.15, -0.1) is 24.0 Å². The molecule has 150 valence electrons. The van der Waals surface area contributed by atoms with Crippen LogP contribution >= 0.6 is 39.9 Å². The molecule has 2 fully saturated rings. The first-order valence-electron chi connectivity index (χ1n) is 9.69. The van der Waals surface area contributed by atoms with Crippen LogP contribution in [0.15, 0.2) is 33.7 Å². The summed E-state index contributed by atoms with van der Waals surface area (Å²) < 4.78 is 1.13. The van der Waals surface area contributed by atoms with Crippen LogP contribution in [-0.4, -0.2) is 49.5 Å². The minimum absolute atomic E-state index is 0. The van der Waals surface area contributed by atoms with Crippen molar-refractivity contribution < 1.29 is 4.79 Å². The summed E-state index contributed by atoms with van der Waals surface area (Å²) in [5.74, 6) is 1.18. The van der Waals surface area contributed by atoms with E-state index in [0.717, 1.165) is 62.4 Å². The second-order valence-corrected chi connectivity index (χ2v) is 8.17. The molecule has 1 saturated heterocycles. The number of carbonyl (C=O) groups excluding carboxylic acids is 1. The van der Waals surface area contributed by atoms with Crippen LogP contribution in [0, 0.1) is 0 Å². The SMILES string of the molecule is CCNC(=NCC1(c2cccc(Br)c2)CC1)NCCCN1CCCC1=O.I. The Morgan fingerprint density at radius 3 is 2.78 bits per heavy atom. The average molecular weight is 549 g/mol. The number of hydrogen-bond acceptors (Lipinski definition) is 2. The summed E-state index contributed by atoms with van der Waals surface area (Å²) in [6.07, 6.45) is 5.07. The molecule has 2 aliphatic rings. The Balaban J connectivity index is 0.00000261. The maximum atomic E-state index is 11.6. The Hall–Kier alpha value is -0.830. The maximum Gasteiger partial charge on any atom is 0.222 e. The zero-order valence-electron chi connectivity index (χ0n) is 16.0. The summed E-state index contributed by atoms with van der Waals surface area (Å²) in [5, 5.41) is 6.75. The van der Waals surface area contributed by atoms with E-state index in [1.54, 1.807) is 0 Å². The number of amides is 1. The number of halogens is 2. The summed E-state index contributed by atoms with van der Waals surface area (Å²) >= 11 is 3.57. The number of aliphatic imine (C=N–C) groups is 1. The fourth-order valence-corrected chi connectivity index (χ4v) is 3.90. The standard InChI is InChI=1S/C20H29BrN4O.HI/c1-2-22-19(23-11-5-13-25-12-4-8-18(25)26)24-15-20(9-10-20)16-6-3-7-17(21)14-16;/h3,6-7,14H,2,4-5,8-13,15H2,1H3,(H2,22,23,24);1H. The lowest BCUT2D eigenvalue weighted by atomic mass is 9.96. The number of likely N-dealkylation sites (tertiary alicyclic amines) is 1. The van der Waals surface area contributed by atoms with Gasteiger partial charge in [-0.05, 0) is 50.3 Å². The van der Waals surface area contributed by atoms with E-state index in [0.29, 0.717) is 5.91 Å². The van der Waals surface area contributed by atoms with Crippen molar-refractivity contribution in [1.29, 1.82) is 0 Å². The van der Waals surface area contributed by atoms with Crippen molar-refractivity contribution in [3.8, 4) is 0 Å². The first kappa shape index (κ1) is 22.5. The van der Waals surface area contributed by atoms with Crippen LogP contribution < -0.4 is 10.6 Å². The van der Waals surface area contributed by atoms with Gasteiger partial charge in [-0.25, -0.2) is 0 Å². The molecule has 0 unspecified atom stereocenters. The second-order valence-electron chi connectivity index (χ2n) is 7.25. The van der Waals surface area contributed by atoms with Gasteiger partial charge in [-0.1, -0.05) is 28.1 Å². The van der Waals surface area contributed by atoms with Gasteiger partial charge in [-0.2, -0.15) is 0 Å². The highest BCUT2D eigenvalue weighted by Crippen LogP contribution is 2.48. The zero-order valence-corrected chi connectivity index (χ0v) is 19.9. The number of benzene rings is 1. The van der Waals surface area contributed by atoms with Gasteiger partial charge < -0.3 is 15.5 Å². The molecule has 2 N–H and O–H groups in total. The topological polar surface area (TPSA) is 56.7 Å². The Kier molecular flexibility index (Phi) is 8.85. The van der Waals surface area contributed by atoms with Gasteiger partial charge >= 0.3 is 0 Å². The molecule has 0 radical (unpaired) electrons. The first-order valence-corrected chi connectivity index (χ1v) is 10.5. The Bertz CT molecular complexity index is 663. The van der Waals surface area contributed by atoms with E-state index in [1.807, 2.05) is 4.90 Å². The summed E-state index contributed by atoms with van der Waals surface area (Å²) in [7, 11) is 0. The lowest BCUT2D eigenvalue weighted by molar-refractivity contribution is -0.127. The highest BCUT2D eigenvalue weighted by Gasteiger charge is 2.44. The fourth-order valence-electron chi connectivity index (χ4n) is 3.50. The minimum atomic E-state index is 0. The third kappa shape index (κ3) is 6.34. The highest BCUT2D eigenvalue weighted by molar-refractivity contribution is 14.0. The zero-order chi connectivity index (χ0) is 18.4. The Morgan fingerprint density at radius 2 is 2.15 bits per heavy atom. The molecule has 5 nitrogen and oxygen atoms in total. The van der Waals surface area contributed by atoms with Gasteiger partial charge in [0.25, 0.3) is 0 Å². The van der Waals surface area contributed by atoms with Crippen LogP contribution in [0.2, 0.25) is 0 Å². The van der Waals surface area contributed by atoms with Crippen molar-refractivity contribution in [3.05, 3.63) is 34.3 Å². The molecule has 0 atom stereocenters. The van der Waals surface area contributed by atoms with Crippen LogP contribution in [0.5, 0.6) is 0 Å². The summed E-state index contributed by atoms with van der Waals surface area (Å²) in [5.41, 5.74) is 1.58. The molecule has 7 heteroatoms. The third-order valence-electron chi connectivity index (χ3n) is 5.24. The molecular weight excluding hydrogens is 519 g/mol. The van der Waals surface area contributed by atoms with Gasteiger partial charge in [0, 0.05) is 42.5 Å². The fraction of sp³-hybridized carbons (Fsp3) is 0.600. The van der Waals surface area contributed by atoms with Crippen LogP contribution in [0.1, 0.15) is 44.6 Å².